The number of methoxy groups -OCH3 is 1. The van der Waals surface area contributed by atoms with E-state index in [9.17, 15) is 9.59 Å². The molecule has 0 fully saturated rings. The number of hydrogen-bond acceptors (Lipinski definition) is 4. The predicted octanol–water partition coefficient (Wildman–Crippen LogP) is 3.22. The van der Waals surface area contributed by atoms with Crippen LogP contribution in [-0.4, -0.2) is 37.8 Å². The van der Waals surface area contributed by atoms with Crippen LogP contribution in [0.25, 0.3) is 0 Å². The van der Waals surface area contributed by atoms with Crippen molar-refractivity contribution in [2.24, 2.45) is 10.9 Å². The molecular weight excluding hydrogens is 356 g/mol. The number of carbonyl (C=O) groups excluding carboxylic acids is 2. The van der Waals surface area contributed by atoms with Gasteiger partial charge in [-0.1, -0.05) is 19.4 Å². The summed E-state index contributed by atoms with van der Waals surface area (Å²) in [4.78, 5) is 28.5. The van der Waals surface area contributed by atoms with Gasteiger partial charge in [-0.25, -0.2) is 4.99 Å². The Bertz CT molecular complexity index is 863. The molecule has 6 nitrogen and oxygen atoms in total. The predicted molar refractivity (Wildman–Crippen MR) is 107 cm³/mol. The molecule has 146 valence electrons. The first kappa shape index (κ1) is 19.8. The van der Waals surface area contributed by atoms with Crippen LogP contribution in [0.1, 0.15) is 30.1 Å². The topological polar surface area (TPSA) is 77.0 Å². The zero-order valence-corrected chi connectivity index (χ0v) is 16.1. The van der Waals surface area contributed by atoms with Gasteiger partial charge in [-0.3, -0.25) is 9.59 Å². The molecule has 6 heteroatoms. The van der Waals surface area contributed by atoms with Gasteiger partial charge in [-0.05, 0) is 48.4 Å². The maximum atomic E-state index is 12.5. The van der Waals surface area contributed by atoms with Gasteiger partial charge < -0.3 is 14.8 Å². The third-order valence-corrected chi connectivity index (χ3v) is 4.49. The van der Waals surface area contributed by atoms with Crippen LogP contribution in [0.2, 0.25) is 0 Å². The van der Waals surface area contributed by atoms with E-state index >= 15 is 0 Å². The van der Waals surface area contributed by atoms with Crippen LogP contribution in [0.5, 0.6) is 5.75 Å². The Balaban J connectivity index is 1.71. The molecule has 0 saturated heterocycles. The average molecular weight is 380 g/mol. The molecule has 2 aliphatic rings. The highest BCUT2D eigenvalue weighted by molar-refractivity contribution is 6.14. The summed E-state index contributed by atoms with van der Waals surface area (Å²) in [6.45, 7) is 3.14. The van der Waals surface area contributed by atoms with E-state index in [4.69, 9.17) is 9.47 Å². The molecule has 1 unspecified atom stereocenters. The molecule has 1 aliphatic carbocycles. The first-order valence-corrected chi connectivity index (χ1v) is 9.36. The Labute approximate surface area is 164 Å². The van der Waals surface area contributed by atoms with Crippen LogP contribution >= 0.6 is 0 Å². The van der Waals surface area contributed by atoms with E-state index in [1.54, 1.807) is 49.6 Å². The fourth-order valence-corrected chi connectivity index (χ4v) is 3.05. The monoisotopic (exact) mass is 380 g/mol. The molecular formula is C22H24N2O4. The molecule has 1 N–H and O–H groups in total. The Morgan fingerprint density at radius 2 is 2.00 bits per heavy atom. The van der Waals surface area contributed by atoms with Crippen LogP contribution in [-0.2, 0) is 9.53 Å². The molecule has 3 rings (SSSR count). The van der Waals surface area contributed by atoms with Gasteiger partial charge in [0.25, 0.3) is 5.91 Å². The van der Waals surface area contributed by atoms with E-state index in [1.165, 1.54) is 0 Å². The van der Waals surface area contributed by atoms with E-state index in [-0.39, 0.29) is 17.7 Å². The summed E-state index contributed by atoms with van der Waals surface area (Å²) in [7, 11) is 1.59. The Morgan fingerprint density at radius 3 is 2.71 bits per heavy atom. The summed E-state index contributed by atoms with van der Waals surface area (Å²) < 4.78 is 10.8. The lowest BCUT2D eigenvalue weighted by atomic mass is 9.88. The van der Waals surface area contributed by atoms with Crippen molar-refractivity contribution >= 4 is 17.5 Å². The van der Waals surface area contributed by atoms with Gasteiger partial charge >= 0.3 is 0 Å². The largest absolute Gasteiger partial charge is 0.494 e. The Morgan fingerprint density at radius 1 is 1.21 bits per heavy atom. The van der Waals surface area contributed by atoms with Crippen LogP contribution in [0.15, 0.2) is 64.8 Å². The number of rotatable bonds is 7. The molecule has 1 heterocycles. The van der Waals surface area contributed by atoms with Crippen molar-refractivity contribution in [3.8, 4) is 5.75 Å². The van der Waals surface area contributed by atoms with Gasteiger partial charge in [0.2, 0.25) is 5.91 Å². The molecule has 1 aromatic carbocycles. The number of amides is 2. The zero-order chi connectivity index (χ0) is 19.9. The molecule has 2 amide bonds. The molecule has 1 atom stereocenters. The number of allylic oxidation sites excluding steroid dienone is 3. The number of aliphatic imine (C=N–C) groups is 1. The Hall–Kier alpha value is -2.99. The maximum absolute atomic E-state index is 12.5. The molecule has 0 radical (unpaired) electrons. The van der Waals surface area contributed by atoms with E-state index in [1.807, 2.05) is 6.08 Å². The van der Waals surface area contributed by atoms with Crippen molar-refractivity contribution in [1.29, 1.82) is 0 Å². The first-order chi connectivity index (χ1) is 13.6. The van der Waals surface area contributed by atoms with Crippen molar-refractivity contribution in [3.63, 3.8) is 0 Å². The first-order valence-electron chi connectivity index (χ1n) is 9.36. The summed E-state index contributed by atoms with van der Waals surface area (Å²) in [5.41, 5.74) is 2.56. The number of unbranched alkanes of at least 4 members (excludes halogenated alkanes) is 1. The van der Waals surface area contributed by atoms with Crippen LogP contribution in [0.3, 0.4) is 0 Å². The number of fused-ring (bicyclic) bond motifs is 1. The highest BCUT2D eigenvalue weighted by Gasteiger charge is 2.26. The average Bonchev–Trinajstić information content (AvgIpc) is 2.68. The van der Waals surface area contributed by atoms with Gasteiger partial charge in [-0.15, -0.1) is 0 Å². The van der Waals surface area contributed by atoms with Crippen molar-refractivity contribution in [2.75, 3.05) is 20.3 Å². The molecule has 0 bridgehead atoms. The lowest BCUT2D eigenvalue weighted by molar-refractivity contribution is -0.116. The third-order valence-electron chi connectivity index (χ3n) is 4.49. The lowest BCUT2D eigenvalue weighted by Crippen LogP contribution is -2.34. The number of nitrogens with one attached hydrogen (secondary N) is 1. The fraction of sp³-hybridized carbons (Fsp3) is 0.318. The summed E-state index contributed by atoms with van der Waals surface area (Å²) >= 11 is 0. The number of benzene rings is 1. The molecule has 1 aromatic rings. The van der Waals surface area contributed by atoms with Crippen molar-refractivity contribution in [3.05, 3.63) is 65.4 Å². The highest BCUT2D eigenvalue weighted by Crippen LogP contribution is 2.27. The van der Waals surface area contributed by atoms with Gasteiger partial charge in [0.05, 0.1) is 18.9 Å². The number of hydrogen-bond donors (Lipinski definition) is 1. The van der Waals surface area contributed by atoms with Crippen LogP contribution < -0.4 is 10.1 Å². The second kappa shape index (κ2) is 9.28. The minimum absolute atomic E-state index is 0.0637. The molecule has 28 heavy (non-hydrogen) atoms. The van der Waals surface area contributed by atoms with Crippen molar-refractivity contribution in [1.82, 2.24) is 5.32 Å². The normalized spacial score (nSPS) is 19.6. The van der Waals surface area contributed by atoms with Crippen molar-refractivity contribution in [2.45, 2.75) is 19.8 Å². The van der Waals surface area contributed by atoms with E-state index in [2.05, 4.69) is 17.2 Å². The second-order valence-electron chi connectivity index (χ2n) is 6.65. The smallest absolute Gasteiger partial charge is 0.277 e. The summed E-state index contributed by atoms with van der Waals surface area (Å²) in [6, 6.07) is 6.96. The lowest BCUT2D eigenvalue weighted by Gasteiger charge is -2.27. The Kier molecular flexibility index (Phi) is 6.55. The fourth-order valence-electron chi connectivity index (χ4n) is 3.05. The number of nitrogens with zero attached hydrogens (tertiary/aromatic N) is 1. The van der Waals surface area contributed by atoms with E-state index in [0.717, 1.165) is 24.2 Å². The molecule has 0 saturated carbocycles. The second-order valence-corrected chi connectivity index (χ2v) is 6.65. The SMILES string of the molecule is CCCCOc1ccc(C(=O)N=C2C=CC3C(COC)=CC(=O)NC3=C2)cc1. The van der Waals surface area contributed by atoms with Crippen LogP contribution in [0.4, 0.5) is 0 Å². The van der Waals surface area contributed by atoms with Crippen molar-refractivity contribution < 1.29 is 19.1 Å². The maximum Gasteiger partial charge on any atom is 0.277 e. The summed E-state index contributed by atoms with van der Waals surface area (Å²) in [6.07, 6.45) is 9.04. The third kappa shape index (κ3) is 4.84. The molecule has 1 aliphatic heterocycles. The van der Waals surface area contributed by atoms with Gasteiger partial charge in [0.1, 0.15) is 5.75 Å². The summed E-state index contributed by atoms with van der Waals surface area (Å²) in [5.74, 6) is 0.132. The standard InChI is InChI=1S/C22H24N2O4/c1-3-4-11-28-18-8-5-15(6-9-18)22(26)23-17-7-10-19-16(14-27-2)12-21(25)24-20(19)13-17/h5-10,12-13,19H,3-4,11,14H2,1-2H3,(H,24,25). The highest BCUT2D eigenvalue weighted by atomic mass is 16.5. The summed E-state index contributed by atoms with van der Waals surface area (Å²) in [5, 5.41) is 2.81. The van der Waals surface area contributed by atoms with Gasteiger partial charge in [-0.2, -0.15) is 0 Å². The molecule has 0 spiro atoms. The van der Waals surface area contributed by atoms with E-state index < -0.39 is 0 Å². The minimum atomic E-state index is -0.343. The van der Waals surface area contributed by atoms with E-state index in [0.29, 0.717) is 30.2 Å². The zero-order valence-electron chi connectivity index (χ0n) is 16.1. The number of carbonyl (C=O) groups is 2. The number of ether oxygens (including phenoxy) is 2. The van der Waals surface area contributed by atoms with Gasteiger partial charge in [0, 0.05) is 30.4 Å². The quantitative estimate of drug-likeness (QED) is 0.737. The van der Waals surface area contributed by atoms with Gasteiger partial charge in [0.15, 0.2) is 0 Å². The molecule has 0 aromatic heterocycles. The van der Waals surface area contributed by atoms with Crippen LogP contribution in [0, 0.1) is 5.92 Å². The minimum Gasteiger partial charge on any atom is -0.494 e.